The van der Waals surface area contributed by atoms with E-state index in [0.717, 1.165) is 44.9 Å². The second kappa shape index (κ2) is 43.0. The minimum atomic E-state index is -1.12. The smallest absolute Gasteiger partial charge is 0.249 e. The van der Waals surface area contributed by atoms with Crippen molar-refractivity contribution < 1.29 is 20.1 Å². The van der Waals surface area contributed by atoms with Crippen molar-refractivity contribution in [1.82, 2.24) is 5.32 Å². The topological polar surface area (TPSA) is 89.8 Å². The average Bonchev–Trinajstić information content (AvgIpc) is 3.16. The van der Waals surface area contributed by atoms with E-state index >= 15 is 0 Å². The first-order valence-corrected chi connectivity index (χ1v) is 23.0. The number of amides is 1. The number of hydrogen-bond acceptors (Lipinski definition) is 4. The lowest BCUT2D eigenvalue weighted by Crippen LogP contribution is -2.48. The highest BCUT2D eigenvalue weighted by molar-refractivity contribution is 5.80. The second-order valence-corrected chi connectivity index (χ2v) is 15.6. The lowest BCUT2D eigenvalue weighted by atomic mass is 10.0. The van der Waals surface area contributed by atoms with E-state index in [0.29, 0.717) is 6.42 Å². The van der Waals surface area contributed by atoms with E-state index in [1.807, 2.05) is 6.08 Å². The molecule has 0 aliphatic rings. The quantitative estimate of drug-likeness (QED) is 0.0371. The summed E-state index contributed by atoms with van der Waals surface area (Å²) in [5.74, 6) is -0.522. The molecule has 0 aromatic carbocycles. The van der Waals surface area contributed by atoms with Crippen LogP contribution in [0.2, 0.25) is 0 Å². The van der Waals surface area contributed by atoms with Crippen LogP contribution in [0.25, 0.3) is 0 Å². The number of carbonyl (C=O) groups excluding carboxylic acids is 1. The van der Waals surface area contributed by atoms with Crippen LogP contribution in [0.1, 0.15) is 226 Å². The number of aliphatic hydroxyl groups excluding tert-OH is 3. The molecule has 53 heavy (non-hydrogen) atoms. The Kier molecular flexibility index (Phi) is 41.7. The van der Waals surface area contributed by atoms with Crippen molar-refractivity contribution >= 4 is 5.91 Å². The normalized spacial score (nSPS) is 14.0. The molecule has 0 heterocycles. The van der Waals surface area contributed by atoms with Gasteiger partial charge < -0.3 is 20.6 Å². The monoisotopic (exact) mass is 744 g/mol. The Morgan fingerprint density at radius 1 is 0.453 bits per heavy atom. The summed E-state index contributed by atoms with van der Waals surface area (Å²) in [6.45, 7) is 4.16. The maximum absolute atomic E-state index is 12.5. The van der Waals surface area contributed by atoms with Gasteiger partial charge in [0.2, 0.25) is 5.91 Å². The molecule has 0 radical (unpaired) electrons. The minimum Gasteiger partial charge on any atom is -0.394 e. The van der Waals surface area contributed by atoms with E-state index in [1.54, 1.807) is 6.08 Å². The van der Waals surface area contributed by atoms with E-state index in [1.165, 1.54) is 161 Å². The molecule has 0 spiro atoms. The van der Waals surface area contributed by atoms with Gasteiger partial charge in [0.15, 0.2) is 0 Å². The molecule has 5 nitrogen and oxygen atoms in total. The molecular weight excluding hydrogens is 655 g/mol. The number of rotatable bonds is 41. The zero-order valence-corrected chi connectivity index (χ0v) is 35.1. The van der Waals surface area contributed by atoms with Crippen LogP contribution >= 0.6 is 0 Å². The lowest BCUT2D eigenvalue weighted by molar-refractivity contribution is -0.131. The molecule has 0 fully saturated rings. The highest BCUT2D eigenvalue weighted by atomic mass is 16.3. The van der Waals surface area contributed by atoms with Crippen LogP contribution in [0.15, 0.2) is 48.6 Å². The van der Waals surface area contributed by atoms with Crippen LogP contribution in [-0.2, 0) is 4.79 Å². The fraction of sp³-hybridized carbons (Fsp3) is 0.812. The summed E-state index contributed by atoms with van der Waals surface area (Å²) in [6, 6.07) is -0.824. The molecule has 3 atom stereocenters. The third kappa shape index (κ3) is 38.4. The van der Waals surface area contributed by atoms with Crippen LogP contribution < -0.4 is 5.32 Å². The first-order chi connectivity index (χ1) is 26.1. The highest BCUT2D eigenvalue weighted by Crippen LogP contribution is 2.14. The molecule has 0 saturated heterocycles. The van der Waals surface area contributed by atoms with E-state index in [-0.39, 0.29) is 6.61 Å². The van der Waals surface area contributed by atoms with Crippen molar-refractivity contribution in [2.75, 3.05) is 6.61 Å². The zero-order chi connectivity index (χ0) is 38.7. The number of unbranched alkanes of at least 4 members (excludes halogenated alkanes) is 27. The predicted octanol–water partition coefficient (Wildman–Crippen LogP) is 13.3. The van der Waals surface area contributed by atoms with Gasteiger partial charge in [0.05, 0.1) is 18.8 Å². The summed E-state index contributed by atoms with van der Waals surface area (Å²) in [5.41, 5.74) is 0. The summed E-state index contributed by atoms with van der Waals surface area (Å²) in [7, 11) is 0. The third-order valence-electron chi connectivity index (χ3n) is 10.4. The highest BCUT2D eigenvalue weighted by Gasteiger charge is 2.22. The minimum absolute atomic E-state index is 0.384. The van der Waals surface area contributed by atoms with Gasteiger partial charge in [-0.05, 0) is 70.6 Å². The zero-order valence-electron chi connectivity index (χ0n) is 35.1. The molecular formula is C48H89NO4. The van der Waals surface area contributed by atoms with Gasteiger partial charge in [-0.1, -0.05) is 204 Å². The van der Waals surface area contributed by atoms with Gasteiger partial charge in [-0.3, -0.25) is 4.79 Å². The van der Waals surface area contributed by atoms with Crippen molar-refractivity contribution in [3.05, 3.63) is 48.6 Å². The fourth-order valence-corrected chi connectivity index (χ4v) is 6.74. The van der Waals surface area contributed by atoms with Crippen molar-refractivity contribution in [3.63, 3.8) is 0 Å². The molecule has 1 amide bonds. The van der Waals surface area contributed by atoms with Gasteiger partial charge in [-0.15, -0.1) is 0 Å². The molecule has 0 aromatic heterocycles. The molecule has 0 saturated carbocycles. The van der Waals surface area contributed by atoms with E-state index < -0.39 is 24.2 Å². The Morgan fingerprint density at radius 2 is 0.774 bits per heavy atom. The Morgan fingerprint density at radius 3 is 1.15 bits per heavy atom. The summed E-state index contributed by atoms with van der Waals surface area (Å²) >= 11 is 0. The number of hydrogen-bond donors (Lipinski definition) is 4. The number of carbonyl (C=O) groups is 1. The maximum atomic E-state index is 12.5. The first kappa shape index (κ1) is 51.3. The standard InChI is InChI=1S/C48H89NO4/c1-3-5-7-9-11-13-15-17-19-21-23-24-25-27-29-31-33-35-37-39-41-43-47(52)48(53)49-45(44-50)46(51)42-40-38-36-34-32-30-28-26-22-20-18-16-14-12-10-8-6-4-2/h22,25-27,32,34,40,42,45-47,50-52H,3-21,23-24,28-31,33,35-39,41,43-44H2,1-2H3,(H,49,53)/b26-22+,27-25-,34-32+,42-40+. The molecule has 310 valence electrons. The summed E-state index contributed by atoms with van der Waals surface area (Å²) < 4.78 is 0. The number of nitrogens with one attached hydrogen (secondary N) is 1. The van der Waals surface area contributed by atoms with E-state index in [9.17, 15) is 20.1 Å². The van der Waals surface area contributed by atoms with E-state index in [4.69, 9.17) is 0 Å². The van der Waals surface area contributed by atoms with Crippen molar-refractivity contribution in [1.29, 1.82) is 0 Å². The maximum Gasteiger partial charge on any atom is 0.249 e. The molecule has 0 bridgehead atoms. The second-order valence-electron chi connectivity index (χ2n) is 15.6. The molecule has 4 N–H and O–H groups in total. The Balaban J connectivity index is 3.74. The predicted molar refractivity (Wildman–Crippen MR) is 231 cm³/mol. The van der Waals surface area contributed by atoms with Gasteiger partial charge >= 0.3 is 0 Å². The average molecular weight is 744 g/mol. The van der Waals surface area contributed by atoms with Crippen LogP contribution in [0, 0.1) is 0 Å². The van der Waals surface area contributed by atoms with Gasteiger partial charge in [0, 0.05) is 0 Å². The fourth-order valence-electron chi connectivity index (χ4n) is 6.74. The summed E-state index contributed by atoms with van der Waals surface area (Å²) in [4.78, 5) is 12.5. The SMILES string of the molecule is CCCCCCCCCC/C=C/CC/C=C/CC/C=C/C(O)C(CO)NC(=O)C(O)CCCCCCCC/C=C\CCCCCCCCCCCCC. The molecule has 0 aliphatic heterocycles. The van der Waals surface area contributed by atoms with Crippen LogP contribution in [0.4, 0.5) is 0 Å². The van der Waals surface area contributed by atoms with Crippen molar-refractivity contribution in [2.45, 2.75) is 244 Å². The number of aliphatic hydroxyl groups is 3. The third-order valence-corrected chi connectivity index (χ3v) is 10.4. The summed E-state index contributed by atoms with van der Waals surface area (Å²) in [6.07, 6.45) is 55.7. The van der Waals surface area contributed by atoms with Crippen molar-refractivity contribution in [3.8, 4) is 0 Å². The van der Waals surface area contributed by atoms with Crippen LogP contribution in [0.5, 0.6) is 0 Å². The first-order valence-electron chi connectivity index (χ1n) is 23.0. The molecule has 0 aliphatic carbocycles. The summed E-state index contributed by atoms with van der Waals surface area (Å²) in [5, 5.41) is 33.1. The van der Waals surface area contributed by atoms with Gasteiger partial charge in [0.25, 0.3) is 0 Å². The van der Waals surface area contributed by atoms with Crippen LogP contribution in [0.3, 0.4) is 0 Å². The van der Waals surface area contributed by atoms with Crippen LogP contribution in [-0.4, -0.2) is 46.1 Å². The molecule has 0 rings (SSSR count). The Labute approximate surface area is 329 Å². The molecule has 3 unspecified atom stereocenters. The van der Waals surface area contributed by atoms with E-state index in [2.05, 4.69) is 55.6 Å². The Bertz CT molecular complexity index is 866. The largest absolute Gasteiger partial charge is 0.394 e. The van der Waals surface area contributed by atoms with Gasteiger partial charge in [-0.2, -0.15) is 0 Å². The molecule has 5 heteroatoms. The van der Waals surface area contributed by atoms with Gasteiger partial charge in [-0.25, -0.2) is 0 Å². The lowest BCUT2D eigenvalue weighted by Gasteiger charge is -2.21. The van der Waals surface area contributed by atoms with Gasteiger partial charge in [0.1, 0.15) is 6.10 Å². The van der Waals surface area contributed by atoms with Crippen molar-refractivity contribution in [2.24, 2.45) is 0 Å². The Hall–Kier alpha value is -1.69. The number of allylic oxidation sites excluding steroid dienone is 7. The molecule has 0 aromatic rings.